The molecule has 0 bridgehead atoms. The summed E-state index contributed by atoms with van der Waals surface area (Å²) in [5.41, 5.74) is 11.5. The van der Waals surface area contributed by atoms with Gasteiger partial charge in [-0.1, -0.05) is 190 Å². The summed E-state index contributed by atoms with van der Waals surface area (Å²) in [6.07, 6.45) is 8.49. The van der Waals surface area contributed by atoms with E-state index in [2.05, 4.69) is 171 Å². The summed E-state index contributed by atoms with van der Waals surface area (Å²) in [4.78, 5) is 17.8. The van der Waals surface area contributed by atoms with E-state index in [4.69, 9.17) is 15.0 Å². The average molecular weight is 697 g/mol. The molecule has 0 N–H and O–H groups in total. The molecule has 6 aromatic carbocycles. The smallest absolute Gasteiger partial charge is 0.234 e. The van der Waals surface area contributed by atoms with E-state index in [0.717, 1.165) is 28.0 Å². The van der Waals surface area contributed by atoms with Gasteiger partial charge < -0.3 is 4.90 Å². The van der Waals surface area contributed by atoms with Gasteiger partial charge in [0.2, 0.25) is 5.95 Å². The highest BCUT2D eigenvalue weighted by atomic mass is 15.3. The van der Waals surface area contributed by atoms with Crippen molar-refractivity contribution < 1.29 is 0 Å². The molecule has 4 nitrogen and oxygen atoms in total. The number of hydrogen-bond donors (Lipinski definition) is 0. The maximum atomic E-state index is 5.26. The SMILES string of the molecule is C=C1/C=C\C=C/CN(c2nc(-c3ccccc3)nc(-c3ccccc3)n2)c2cc3c(cc2C1(C)C)-c1ccccc1C3(c1ccccc1)c1ccccc1. The second-order valence-corrected chi connectivity index (χ2v) is 14.5. The lowest BCUT2D eigenvalue weighted by Gasteiger charge is -2.37. The number of anilines is 2. The van der Waals surface area contributed by atoms with Gasteiger partial charge in [-0.25, -0.2) is 4.98 Å². The summed E-state index contributed by atoms with van der Waals surface area (Å²) in [5, 5.41) is 0. The highest BCUT2D eigenvalue weighted by Gasteiger charge is 2.47. The van der Waals surface area contributed by atoms with Crippen molar-refractivity contribution in [1.29, 1.82) is 0 Å². The molecule has 0 unspecified atom stereocenters. The molecule has 1 aromatic heterocycles. The molecule has 0 atom stereocenters. The number of fused-ring (bicyclic) bond motifs is 4. The molecular formula is C50H40N4. The van der Waals surface area contributed by atoms with Gasteiger partial charge in [-0.3, -0.25) is 0 Å². The quantitative estimate of drug-likeness (QED) is 0.180. The molecule has 0 amide bonds. The van der Waals surface area contributed by atoms with E-state index in [0.29, 0.717) is 24.1 Å². The maximum absolute atomic E-state index is 5.26. The summed E-state index contributed by atoms with van der Waals surface area (Å²) < 4.78 is 0. The minimum Gasteiger partial charge on any atom is -0.306 e. The minimum absolute atomic E-state index is 0.443. The van der Waals surface area contributed by atoms with Crippen LogP contribution in [0.5, 0.6) is 0 Å². The fourth-order valence-corrected chi connectivity index (χ4v) is 8.20. The van der Waals surface area contributed by atoms with Gasteiger partial charge in [-0.15, -0.1) is 0 Å². The zero-order chi connectivity index (χ0) is 36.7. The molecule has 0 saturated heterocycles. The van der Waals surface area contributed by atoms with Crippen LogP contribution in [0, 0.1) is 0 Å². The lowest BCUT2D eigenvalue weighted by atomic mass is 9.67. The second kappa shape index (κ2) is 13.4. The highest BCUT2D eigenvalue weighted by Crippen LogP contribution is 2.58. The fraction of sp³-hybridized carbons (Fsp3) is 0.100. The molecule has 260 valence electrons. The van der Waals surface area contributed by atoms with Gasteiger partial charge in [-0.05, 0) is 56.6 Å². The molecule has 1 aliphatic carbocycles. The zero-order valence-electron chi connectivity index (χ0n) is 30.5. The number of hydrogen-bond acceptors (Lipinski definition) is 4. The normalized spacial score (nSPS) is 16.5. The third kappa shape index (κ3) is 5.41. The van der Waals surface area contributed by atoms with E-state index in [1.807, 2.05) is 36.4 Å². The Morgan fingerprint density at radius 2 is 1.07 bits per heavy atom. The molecule has 2 heterocycles. The topological polar surface area (TPSA) is 41.9 Å². The van der Waals surface area contributed by atoms with E-state index in [1.165, 1.54) is 33.4 Å². The van der Waals surface area contributed by atoms with E-state index < -0.39 is 10.8 Å². The Balaban J connectivity index is 1.39. The zero-order valence-corrected chi connectivity index (χ0v) is 30.5. The first kappa shape index (κ1) is 33.2. The minimum atomic E-state index is -0.565. The fourth-order valence-electron chi connectivity index (χ4n) is 8.20. The van der Waals surface area contributed by atoms with Crippen molar-refractivity contribution in [2.45, 2.75) is 24.7 Å². The molecular weight excluding hydrogens is 657 g/mol. The van der Waals surface area contributed by atoms with Crippen LogP contribution >= 0.6 is 0 Å². The van der Waals surface area contributed by atoms with Crippen LogP contribution in [0.1, 0.15) is 41.7 Å². The Labute approximate surface area is 317 Å². The summed E-state index contributed by atoms with van der Waals surface area (Å²) in [6, 6.07) is 56.0. The van der Waals surface area contributed by atoms with Gasteiger partial charge in [0.25, 0.3) is 0 Å². The van der Waals surface area contributed by atoms with Crippen LogP contribution in [-0.4, -0.2) is 21.5 Å². The molecule has 7 aromatic rings. The van der Waals surface area contributed by atoms with Gasteiger partial charge >= 0.3 is 0 Å². The molecule has 54 heavy (non-hydrogen) atoms. The average Bonchev–Trinajstić information content (AvgIpc) is 3.52. The Bertz CT molecular complexity index is 2460. The highest BCUT2D eigenvalue weighted by molar-refractivity contribution is 5.90. The van der Waals surface area contributed by atoms with Crippen molar-refractivity contribution in [2.24, 2.45) is 0 Å². The van der Waals surface area contributed by atoms with Gasteiger partial charge in [-0.2, -0.15) is 9.97 Å². The largest absolute Gasteiger partial charge is 0.306 e. The van der Waals surface area contributed by atoms with Crippen LogP contribution in [0.2, 0.25) is 0 Å². The molecule has 4 heteroatoms. The maximum Gasteiger partial charge on any atom is 0.234 e. The first-order valence-electron chi connectivity index (χ1n) is 18.5. The summed E-state index contributed by atoms with van der Waals surface area (Å²) in [6.45, 7) is 9.72. The first-order valence-corrected chi connectivity index (χ1v) is 18.5. The predicted molar refractivity (Wildman–Crippen MR) is 222 cm³/mol. The third-order valence-electron chi connectivity index (χ3n) is 11.1. The van der Waals surface area contributed by atoms with E-state index in [9.17, 15) is 0 Å². The standard InChI is InChI=1S/C50H40N4/c1-35-21-9-8-20-32-54(48-52-46(36-22-10-4-11-23-36)51-47(53-48)37-24-12-5-13-25-37)45-34-43-41(33-44(45)49(35,2)3)40-30-18-19-31-42(40)50(43,38-26-14-6-15-27-38)39-28-16-7-17-29-39/h4-31,33-34H,1,32H2,2-3H3/b20-8-,21-9-. The Morgan fingerprint density at radius 3 is 1.67 bits per heavy atom. The van der Waals surface area contributed by atoms with Crippen LogP contribution in [0.3, 0.4) is 0 Å². The summed E-state index contributed by atoms with van der Waals surface area (Å²) in [5.74, 6) is 1.84. The molecule has 2 aliphatic rings. The number of allylic oxidation sites excluding steroid dienone is 4. The molecule has 1 aliphatic heterocycles. The van der Waals surface area contributed by atoms with E-state index in [-0.39, 0.29) is 0 Å². The van der Waals surface area contributed by atoms with Crippen molar-refractivity contribution in [3.63, 3.8) is 0 Å². The molecule has 0 fully saturated rings. The first-order chi connectivity index (χ1) is 26.5. The van der Waals surface area contributed by atoms with Gasteiger partial charge in [0.15, 0.2) is 11.6 Å². The number of aromatic nitrogens is 3. The van der Waals surface area contributed by atoms with Gasteiger partial charge in [0.1, 0.15) is 0 Å². The van der Waals surface area contributed by atoms with Crippen molar-refractivity contribution in [1.82, 2.24) is 15.0 Å². The van der Waals surface area contributed by atoms with Gasteiger partial charge in [0.05, 0.1) is 5.41 Å². The second-order valence-electron chi connectivity index (χ2n) is 14.5. The van der Waals surface area contributed by atoms with Crippen LogP contribution in [0.25, 0.3) is 33.9 Å². The Kier molecular flexibility index (Phi) is 8.24. The lowest BCUT2D eigenvalue weighted by Crippen LogP contribution is -2.31. The lowest BCUT2D eigenvalue weighted by molar-refractivity contribution is 0.639. The third-order valence-corrected chi connectivity index (χ3v) is 11.1. The van der Waals surface area contributed by atoms with Crippen LogP contribution in [0.4, 0.5) is 11.6 Å². The van der Waals surface area contributed by atoms with E-state index in [1.54, 1.807) is 0 Å². The van der Waals surface area contributed by atoms with E-state index >= 15 is 0 Å². The van der Waals surface area contributed by atoms with Crippen molar-refractivity contribution in [3.8, 4) is 33.9 Å². The Hall–Kier alpha value is -6.65. The van der Waals surface area contributed by atoms with Crippen LogP contribution in [-0.2, 0) is 10.8 Å². The molecule has 0 saturated carbocycles. The van der Waals surface area contributed by atoms with Crippen molar-refractivity contribution >= 4 is 11.6 Å². The monoisotopic (exact) mass is 696 g/mol. The summed E-state index contributed by atoms with van der Waals surface area (Å²) in [7, 11) is 0. The van der Waals surface area contributed by atoms with Gasteiger partial charge in [0, 0.05) is 28.8 Å². The van der Waals surface area contributed by atoms with Crippen LogP contribution in [0.15, 0.2) is 194 Å². The Morgan fingerprint density at radius 1 is 0.537 bits per heavy atom. The van der Waals surface area contributed by atoms with Crippen molar-refractivity contribution in [2.75, 3.05) is 11.4 Å². The number of benzene rings is 6. The molecule has 0 spiro atoms. The predicted octanol–water partition coefficient (Wildman–Crippen LogP) is 11.7. The summed E-state index contributed by atoms with van der Waals surface area (Å²) >= 11 is 0. The molecule has 0 radical (unpaired) electrons. The van der Waals surface area contributed by atoms with Crippen molar-refractivity contribution in [3.05, 3.63) is 222 Å². The number of nitrogens with zero attached hydrogens (tertiary/aromatic N) is 4. The molecule has 9 rings (SSSR count). The van der Waals surface area contributed by atoms with Crippen LogP contribution < -0.4 is 4.90 Å². The number of rotatable bonds is 5.